The summed E-state index contributed by atoms with van der Waals surface area (Å²) in [6.07, 6.45) is 4.71. The standard InChI is InChI=1S/C14H18N4/c15-10-14(8-4-5-9-14)13-16-12(17-18-13)11-6-2-1-3-7-11/h1-3,6-7H,4-5,8-10,15H2,(H,16,17,18). The first-order valence-electron chi connectivity index (χ1n) is 6.52. The van der Waals surface area contributed by atoms with Gasteiger partial charge in [-0.1, -0.05) is 43.2 Å². The van der Waals surface area contributed by atoms with Gasteiger partial charge in [0.1, 0.15) is 5.82 Å². The largest absolute Gasteiger partial charge is 0.329 e. The highest BCUT2D eigenvalue weighted by molar-refractivity contribution is 5.54. The molecule has 3 N–H and O–H groups in total. The molecule has 0 unspecified atom stereocenters. The molecule has 2 aromatic rings. The van der Waals surface area contributed by atoms with Crippen molar-refractivity contribution in [2.75, 3.05) is 6.54 Å². The van der Waals surface area contributed by atoms with Crippen LogP contribution in [0.1, 0.15) is 31.5 Å². The van der Waals surface area contributed by atoms with Crippen molar-refractivity contribution in [3.8, 4) is 11.4 Å². The quantitative estimate of drug-likeness (QED) is 0.867. The molecule has 1 fully saturated rings. The molecular weight excluding hydrogens is 224 g/mol. The Morgan fingerprint density at radius 3 is 2.56 bits per heavy atom. The normalized spacial score (nSPS) is 18.1. The smallest absolute Gasteiger partial charge is 0.181 e. The maximum atomic E-state index is 5.96. The van der Waals surface area contributed by atoms with E-state index < -0.39 is 0 Å². The van der Waals surface area contributed by atoms with Gasteiger partial charge in [0.15, 0.2) is 5.82 Å². The molecule has 4 heteroatoms. The summed E-state index contributed by atoms with van der Waals surface area (Å²) in [6, 6.07) is 10.0. The van der Waals surface area contributed by atoms with E-state index in [1.54, 1.807) is 0 Å². The summed E-state index contributed by atoms with van der Waals surface area (Å²) in [5.41, 5.74) is 7.04. The van der Waals surface area contributed by atoms with Crippen LogP contribution in [-0.2, 0) is 5.41 Å². The molecule has 94 valence electrons. The number of hydrogen-bond acceptors (Lipinski definition) is 3. The molecule has 0 aliphatic heterocycles. The molecule has 1 heterocycles. The van der Waals surface area contributed by atoms with Crippen molar-refractivity contribution < 1.29 is 0 Å². The molecule has 0 radical (unpaired) electrons. The molecule has 3 rings (SSSR count). The molecule has 18 heavy (non-hydrogen) atoms. The molecule has 0 bridgehead atoms. The monoisotopic (exact) mass is 242 g/mol. The maximum Gasteiger partial charge on any atom is 0.181 e. The lowest BCUT2D eigenvalue weighted by Crippen LogP contribution is -2.33. The van der Waals surface area contributed by atoms with Gasteiger partial charge in [-0.05, 0) is 12.8 Å². The number of H-pyrrole nitrogens is 1. The van der Waals surface area contributed by atoms with Crippen LogP contribution in [-0.4, -0.2) is 21.7 Å². The van der Waals surface area contributed by atoms with Crippen molar-refractivity contribution in [3.63, 3.8) is 0 Å². The minimum atomic E-state index is 0.0278. The summed E-state index contributed by atoms with van der Waals surface area (Å²) >= 11 is 0. The van der Waals surface area contributed by atoms with E-state index in [0.717, 1.165) is 30.1 Å². The van der Waals surface area contributed by atoms with E-state index in [4.69, 9.17) is 5.73 Å². The highest BCUT2D eigenvalue weighted by Gasteiger charge is 2.37. The third kappa shape index (κ3) is 1.82. The number of aromatic nitrogens is 3. The minimum Gasteiger partial charge on any atom is -0.329 e. The lowest BCUT2D eigenvalue weighted by molar-refractivity contribution is 0.426. The Balaban J connectivity index is 1.94. The SMILES string of the molecule is NCC1(c2nc(-c3ccccc3)n[nH]2)CCCC1. The minimum absolute atomic E-state index is 0.0278. The van der Waals surface area contributed by atoms with Crippen LogP contribution in [0, 0.1) is 0 Å². The number of aromatic amines is 1. The summed E-state index contributed by atoms with van der Waals surface area (Å²) in [5.74, 6) is 1.73. The number of nitrogens with zero attached hydrogens (tertiary/aromatic N) is 2. The first-order chi connectivity index (χ1) is 8.84. The predicted molar refractivity (Wildman–Crippen MR) is 71.0 cm³/mol. The van der Waals surface area contributed by atoms with E-state index in [-0.39, 0.29) is 5.41 Å². The number of hydrogen-bond donors (Lipinski definition) is 2. The van der Waals surface area contributed by atoms with Gasteiger partial charge in [0.25, 0.3) is 0 Å². The van der Waals surface area contributed by atoms with Crippen LogP contribution in [0.3, 0.4) is 0 Å². The second-order valence-corrected chi connectivity index (χ2v) is 5.07. The van der Waals surface area contributed by atoms with Gasteiger partial charge in [0, 0.05) is 17.5 Å². The van der Waals surface area contributed by atoms with Crippen LogP contribution in [0.2, 0.25) is 0 Å². The van der Waals surface area contributed by atoms with Crippen LogP contribution < -0.4 is 5.73 Å². The molecule has 1 aromatic carbocycles. The average molecular weight is 242 g/mol. The topological polar surface area (TPSA) is 67.6 Å². The molecule has 0 atom stereocenters. The Kier molecular flexibility index (Phi) is 2.88. The van der Waals surface area contributed by atoms with Crippen molar-refractivity contribution in [2.24, 2.45) is 5.73 Å². The second kappa shape index (κ2) is 4.53. The van der Waals surface area contributed by atoms with Crippen LogP contribution in [0.25, 0.3) is 11.4 Å². The Hall–Kier alpha value is -1.68. The number of nitrogens with two attached hydrogens (primary N) is 1. The number of rotatable bonds is 3. The Morgan fingerprint density at radius 1 is 1.17 bits per heavy atom. The van der Waals surface area contributed by atoms with Crippen LogP contribution in [0.5, 0.6) is 0 Å². The molecule has 1 aliphatic carbocycles. The maximum absolute atomic E-state index is 5.96. The van der Waals surface area contributed by atoms with E-state index in [1.165, 1.54) is 12.8 Å². The zero-order chi connectivity index (χ0) is 12.4. The summed E-state index contributed by atoms with van der Waals surface area (Å²) in [4.78, 5) is 4.66. The van der Waals surface area contributed by atoms with Crippen LogP contribution >= 0.6 is 0 Å². The van der Waals surface area contributed by atoms with Gasteiger partial charge in [0.2, 0.25) is 0 Å². The van der Waals surface area contributed by atoms with Gasteiger partial charge >= 0.3 is 0 Å². The van der Waals surface area contributed by atoms with Crippen LogP contribution in [0.15, 0.2) is 30.3 Å². The Labute approximate surface area is 107 Å². The molecule has 1 aromatic heterocycles. The van der Waals surface area contributed by atoms with E-state index in [1.807, 2.05) is 30.3 Å². The summed E-state index contributed by atoms with van der Waals surface area (Å²) in [7, 11) is 0. The van der Waals surface area contributed by atoms with Gasteiger partial charge in [0.05, 0.1) is 0 Å². The van der Waals surface area contributed by atoms with E-state index in [9.17, 15) is 0 Å². The van der Waals surface area contributed by atoms with Crippen molar-refractivity contribution in [1.29, 1.82) is 0 Å². The van der Waals surface area contributed by atoms with Crippen molar-refractivity contribution in [1.82, 2.24) is 15.2 Å². The molecule has 0 saturated heterocycles. The third-order valence-corrected chi connectivity index (χ3v) is 3.97. The molecule has 0 spiro atoms. The predicted octanol–water partition coefficient (Wildman–Crippen LogP) is 2.24. The first kappa shape index (κ1) is 11.4. The zero-order valence-corrected chi connectivity index (χ0v) is 10.4. The van der Waals surface area contributed by atoms with Gasteiger partial charge in [-0.2, -0.15) is 5.10 Å². The number of benzene rings is 1. The van der Waals surface area contributed by atoms with Crippen molar-refractivity contribution in [2.45, 2.75) is 31.1 Å². The lowest BCUT2D eigenvalue weighted by atomic mass is 9.85. The van der Waals surface area contributed by atoms with E-state index in [0.29, 0.717) is 6.54 Å². The van der Waals surface area contributed by atoms with Crippen LogP contribution in [0.4, 0.5) is 0 Å². The number of nitrogens with one attached hydrogen (secondary N) is 1. The van der Waals surface area contributed by atoms with Gasteiger partial charge in [-0.3, -0.25) is 5.10 Å². The molecule has 0 amide bonds. The zero-order valence-electron chi connectivity index (χ0n) is 10.4. The highest BCUT2D eigenvalue weighted by Crippen LogP contribution is 2.38. The third-order valence-electron chi connectivity index (χ3n) is 3.97. The lowest BCUT2D eigenvalue weighted by Gasteiger charge is -2.23. The first-order valence-corrected chi connectivity index (χ1v) is 6.52. The van der Waals surface area contributed by atoms with Gasteiger partial charge in [-0.25, -0.2) is 4.98 Å². The van der Waals surface area contributed by atoms with Gasteiger partial charge in [-0.15, -0.1) is 0 Å². The Morgan fingerprint density at radius 2 is 1.89 bits per heavy atom. The van der Waals surface area contributed by atoms with Crippen molar-refractivity contribution >= 4 is 0 Å². The molecule has 1 saturated carbocycles. The fourth-order valence-corrected chi connectivity index (χ4v) is 2.80. The van der Waals surface area contributed by atoms with E-state index in [2.05, 4.69) is 15.2 Å². The van der Waals surface area contributed by atoms with Crippen molar-refractivity contribution in [3.05, 3.63) is 36.2 Å². The molecule has 1 aliphatic rings. The Bertz CT molecular complexity index is 512. The fraction of sp³-hybridized carbons (Fsp3) is 0.429. The second-order valence-electron chi connectivity index (χ2n) is 5.07. The summed E-state index contributed by atoms with van der Waals surface area (Å²) in [5, 5.41) is 7.43. The molecular formula is C14H18N4. The van der Waals surface area contributed by atoms with Gasteiger partial charge < -0.3 is 5.73 Å². The molecule has 4 nitrogen and oxygen atoms in total. The summed E-state index contributed by atoms with van der Waals surface area (Å²) in [6.45, 7) is 0.649. The fourth-order valence-electron chi connectivity index (χ4n) is 2.80. The van der Waals surface area contributed by atoms with E-state index >= 15 is 0 Å². The summed E-state index contributed by atoms with van der Waals surface area (Å²) < 4.78 is 0. The highest BCUT2D eigenvalue weighted by atomic mass is 15.2. The average Bonchev–Trinajstić information content (AvgIpc) is 3.09.